The molecule has 0 atom stereocenters. The first-order valence-electron chi connectivity index (χ1n) is 9.28. The summed E-state index contributed by atoms with van der Waals surface area (Å²) in [7, 11) is 1.62. The number of halogens is 1. The fourth-order valence-corrected chi connectivity index (χ4v) is 5.01. The molecule has 1 aromatic heterocycles. The smallest absolute Gasteiger partial charge is 0.407 e. The average molecular weight is 392 g/mol. The van der Waals surface area contributed by atoms with Crippen molar-refractivity contribution in [1.82, 2.24) is 4.90 Å². The van der Waals surface area contributed by atoms with Crippen LogP contribution in [0.15, 0.2) is 16.9 Å². The molecule has 0 bridgehead atoms. The Kier molecular flexibility index (Phi) is 5.30. The number of hydrogen-bond donors (Lipinski definition) is 0. The lowest BCUT2D eigenvalue weighted by molar-refractivity contribution is 0.156. The molecule has 1 heterocycles. The van der Waals surface area contributed by atoms with Gasteiger partial charge in [-0.25, -0.2) is 9.18 Å². The maximum atomic E-state index is 14.5. The predicted molar refractivity (Wildman–Crippen MR) is 107 cm³/mol. The molecular weight excluding hydrogens is 365 g/mol. The molecule has 0 aliphatic heterocycles. The van der Waals surface area contributed by atoms with Gasteiger partial charge >= 0.3 is 6.09 Å². The van der Waals surface area contributed by atoms with Gasteiger partial charge in [-0.05, 0) is 36.7 Å². The van der Waals surface area contributed by atoms with E-state index in [2.05, 4.69) is 13.8 Å². The van der Waals surface area contributed by atoms with Crippen LogP contribution in [0.5, 0.6) is 5.75 Å². The number of carbonyl (C=O) groups is 1. The zero-order valence-electron chi connectivity index (χ0n) is 16.5. The average Bonchev–Trinajstić information content (AvgIpc) is 2.55. The zero-order chi connectivity index (χ0) is 19.9. The molecule has 4 nitrogen and oxygen atoms in total. The minimum absolute atomic E-state index is 0.0945. The molecule has 0 spiro atoms. The molecule has 2 aromatic rings. The lowest BCUT2D eigenvalue weighted by Crippen LogP contribution is -2.33. The normalized spacial score (nSPS) is 15.7. The fourth-order valence-electron chi connectivity index (χ4n) is 3.53. The van der Waals surface area contributed by atoms with Crippen LogP contribution < -0.4 is 10.2 Å². The van der Waals surface area contributed by atoms with Crippen molar-refractivity contribution >= 4 is 27.5 Å². The van der Waals surface area contributed by atoms with Gasteiger partial charge in [-0.3, -0.25) is 4.79 Å². The SMILES string of the molecule is CC(C)CN(C)C(=O)Oc1cc2sc3c(c(=O)c2cc1F)CCC(C)(C)C3. The highest BCUT2D eigenvalue weighted by atomic mass is 32.1. The predicted octanol–water partition coefficient (Wildman–Crippen LogP) is 5.00. The van der Waals surface area contributed by atoms with Crippen molar-refractivity contribution in [2.45, 2.75) is 47.0 Å². The van der Waals surface area contributed by atoms with Gasteiger partial charge in [0.25, 0.3) is 0 Å². The standard InChI is InChI=1S/C21H26FNO3S/c1-12(2)11-23(5)20(25)26-16-9-17-14(8-15(16)22)19(24)13-6-7-21(3,4)10-18(13)27-17/h8-9,12H,6-7,10-11H2,1-5H3. The Hall–Kier alpha value is -1.95. The molecule has 0 unspecified atom stereocenters. The second kappa shape index (κ2) is 7.23. The summed E-state index contributed by atoms with van der Waals surface area (Å²) in [5.74, 6) is -0.535. The number of rotatable bonds is 3. The van der Waals surface area contributed by atoms with Gasteiger partial charge in [-0.2, -0.15) is 0 Å². The van der Waals surface area contributed by atoms with E-state index in [0.29, 0.717) is 16.6 Å². The Morgan fingerprint density at radius 2 is 2.07 bits per heavy atom. The third-order valence-electron chi connectivity index (χ3n) is 4.96. The van der Waals surface area contributed by atoms with E-state index >= 15 is 0 Å². The summed E-state index contributed by atoms with van der Waals surface area (Å²) < 4.78 is 20.4. The van der Waals surface area contributed by atoms with Gasteiger partial charge in [0.1, 0.15) is 0 Å². The van der Waals surface area contributed by atoms with Crippen LogP contribution in [0.3, 0.4) is 0 Å². The second-order valence-corrected chi connectivity index (χ2v) is 9.73. The molecule has 0 radical (unpaired) electrons. The summed E-state index contributed by atoms with van der Waals surface area (Å²) in [4.78, 5) is 27.5. The van der Waals surface area contributed by atoms with Gasteiger partial charge in [0.2, 0.25) is 0 Å². The molecule has 0 N–H and O–H groups in total. The second-order valence-electron chi connectivity index (χ2n) is 8.60. The molecule has 1 amide bonds. The molecule has 146 valence electrons. The molecular formula is C21H26FNO3S. The van der Waals surface area contributed by atoms with E-state index in [9.17, 15) is 14.0 Å². The first-order valence-corrected chi connectivity index (χ1v) is 10.1. The van der Waals surface area contributed by atoms with E-state index in [1.807, 2.05) is 13.8 Å². The van der Waals surface area contributed by atoms with Crippen molar-refractivity contribution in [1.29, 1.82) is 0 Å². The maximum absolute atomic E-state index is 14.5. The quantitative estimate of drug-likeness (QED) is 0.739. The van der Waals surface area contributed by atoms with Crippen molar-refractivity contribution in [2.24, 2.45) is 11.3 Å². The summed E-state index contributed by atoms with van der Waals surface area (Å²) in [6.07, 6.45) is 1.91. The molecule has 27 heavy (non-hydrogen) atoms. The van der Waals surface area contributed by atoms with Crippen molar-refractivity contribution in [3.05, 3.63) is 38.6 Å². The minimum atomic E-state index is -0.686. The highest BCUT2D eigenvalue weighted by molar-refractivity contribution is 7.18. The highest BCUT2D eigenvalue weighted by Crippen LogP contribution is 2.38. The monoisotopic (exact) mass is 391 g/mol. The van der Waals surface area contributed by atoms with Crippen LogP contribution in [-0.4, -0.2) is 24.6 Å². The molecule has 1 aliphatic carbocycles. The van der Waals surface area contributed by atoms with Crippen LogP contribution in [0.25, 0.3) is 10.1 Å². The van der Waals surface area contributed by atoms with Gasteiger partial charge in [0.05, 0.1) is 0 Å². The zero-order valence-corrected chi connectivity index (χ0v) is 17.3. The Bertz CT molecular complexity index is 949. The van der Waals surface area contributed by atoms with Gasteiger partial charge in [0.15, 0.2) is 17.0 Å². The molecule has 3 rings (SSSR count). The third-order valence-corrected chi connectivity index (χ3v) is 6.16. The lowest BCUT2D eigenvalue weighted by Gasteiger charge is -2.30. The van der Waals surface area contributed by atoms with E-state index in [1.165, 1.54) is 28.4 Å². The van der Waals surface area contributed by atoms with Gasteiger partial charge in [-0.1, -0.05) is 27.7 Å². The Balaban J connectivity index is 1.99. The van der Waals surface area contributed by atoms with Gasteiger partial charge < -0.3 is 9.64 Å². The van der Waals surface area contributed by atoms with Crippen molar-refractivity contribution in [3.63, 3.8) is 0 Å². The number of benzene rings is 1. The molecule has 6 heteroatoms. The maximum Gasteiger partial charge on any atom is 0.415 e. The van der Waals surface area contributed by atoms with Gasteiger partial charge in [0, 0.05) is 40.2 Å². The number of ether oxygens (including phenoxy) is 1. The van der Waals surface area contributed by atoms with Crippen molar-refractivity contribution in [3.8, 4) is 5.75 Å². The highest BCUT2D eigenvalue weighted by Gasteiger charge is 2.28. The molecule has 0 saturated carbocycles. The topological polar surface area (TPSA) is 46.6 Å². The minimum Gasteiger partial charge on any atom is -0.407 e. The summed E-state index contributed by atoms with van der Waals surface area (Å²) in [6.45, 7) is 8.88. The Morgan fingerprint density at radius 1 is 1.37 bits per heavy atom. The van der Waals surface area contributed by atoms with Crippen LogP contribution in [-0.2, 0) is 12.8 Å². The number of hydrogen-bond acceptors (Lipinski definition) is 4. The van der Waals surface area contributed by atoms with E-state index in [1.54, 1.807) is 7.05 Å². The lowest BCUT2D eigenvalue weighted by atomic mass is 9.77. The molecule has 0 fully saturated rings. The number of amides is 1. The summed E-state index contributed by atoms with van der Waals surface area (Å²) >= 11 is 1.50. The largest absolute Gasteiger partial charge is 0.415 e. The van der Waals surface area contributed by atoms with E-state index in [4.69, 9.17) is 4.74 Å². The summed E-state index contributed by atoms with van der Waals surface area (Å²) in [5.41, 5.74) is 0.869. The van der Waals surface area contributed by atoms with Crippen LogP contribution in [0.1, 0.15) is 44.6 Å². The number of nitrogens with zero attached hydrogens (tertiary/aromatic N) is 1. The van der Waals surface area contributed by atoms with E-state index in [-0.39, 0.29) is 22.5 Å². The molecule has 1 aliphatic rings. The van der Waals surface area contributed by atoms with Crippen LogP contribution in [0.4, 0.5) is 9.18 Å². The van der Waals surface area contributed by atoms with E-state index < -0.39 is 11.9 Å². The first-order chi connectivity index (χ1) is 12.6. The first kappa shape index (κ1) is 19.8. The molecule has 1 aromatic carbocycles. The number of fused-ring (bicyclic) bond motifs is 2. The summed E-state index contributed by atoms with van der Waals surface area (Å²) in [6, 6.07) is 2.69. The van der Waals surface area contributed by atoms with E-state index in [0.717, 1.165) is 29.7 Å². The van der Waals surface area contributed by atoms with Crippen molar-refractivity contribution in [2.75, 3.05) is 13.6 Å². The van der Waals surface area contributed by atoms with Crippen LogP contribution >= 0.6 is 11.3 Å². The Labute approximate surface area is 162 Å². The van der Waals surface area contributed by atoms with Crippen LogP contribution in [0, 0.1) is 17.2 Å². The molecule has 0 saturated heterocycles. The third kappa shape index (κ3) is 4.15. The van der Waals surface area contributed by atoms with Gasteiger partial charge in [-0.15, -0.1) is 11.3 Å². The Morgan fingerprint density at radius 3 is 2.74 bits per heavy atom. The summed E-state index contributed by atoms with van der Waals surface area (Å²) in [5, 5.41) is 0.367. The van der Waals surface area contributed by atoms with Crippen LogP contribution in [0.2, 0.25) is 0 Å². The van der Waals surface area contributed by atoms with Crippen molar-refractivity contribution < 1.29 is 13.9 Å². The fraction of sp³-hybridized carbons (Fsp3) is 0.524. The number of carbonyl (C=O) groups excluding carboxylic acids is 1.